The Hall–Kier alpha value is -3.28. The summed E-state index contributed by atoms with van der Waals surface area (Å²) in [5.74, 6) is 2.43. The lowest BCUT2D eigenvalue weighted by Gasteiger charge is -2.23. The van der Waals surface area contributed by atoms with Crippen molar-refractivity contribution >= 4 is 5.84 Å². The number of hydrazone groups is 1. The molecule has 30 heavy (non-hydrogen) atoms. The second-order valence-electron chi connectivity index (χ2n) is 7.41. The maximum atomic E-state index is 6.09. The fraction of sp³-hybridized carbons (Fsp3) is 0.333. The Morgan fingerprint density at radius 3 is 2.53 bits per heavy atom. The number of nitrogens with zero attached hydrogens (tertiary/aromatic N) is 4. The van der Waals surface area contributed by atoms with Crippen molar-refractivity contribution in [2.24, 2.45) is 5.10 Å². The number of aromatic nitrogens is 2. The van der Waals surface area contributed by atoms with E-state index in [1.165, 1.54) is 25.7 Å². The van der Waals surface area contributed by atoms with Gasteiger partial charge in [0.15, 0.2) is 5.84 Å². The number of para-hydroxylation sites is 2. The monoisotopic (exact) mass is 404 g/mol. The number of ether oxygens (including phenoxy) is 2. The summed E-state index contributed by atoms with van der Waals surface area (Å²) in [5, 5.41) is 7.06. The summed E-state index contributed by atoms with van der Waals surface area (Å²) in [4.78, 5) is 4.21. The molecule has 1 aliphatic carbocycles. The maximum absolute atomic E-state index is 6.09. The van der Waals surface area contributed by atoms with Crippen molar-refractivity contribution in [1.82, 2.24) is 14.6 Å². The van der Waals surface area contributed by atoms with Crippen LogP contribution in [-0.4, -0.2) is 46.7 Å². The molecule has 0 unspecified atom stereocenters. The Balaban J connectivity index is 1.51. The molecule has 2 aromatic carbocycles. The van der Waals surface area contributed by atoms with Gasteiger partial charge in [-0.25, -0.2) is 4.98 Å². The van der Waals surface area contributed by atoms with Crippen LogP contribution in [0.4, 0.5) is 0 Å². The van der Waals surface area contributed by atoms with E-state index in [1.807, 2.05) is 65.4 Å². The average Bonchev–Trinajstić information content (AvgIpc) is 3.51. The molecule has 0 saturated heterocycles. The van der Waals surface area contributed by atoms with Crippen LogP contribution < -0.4 is 9.47 Å². The first kappa shape index (κ1) is 20.0. The van der Waals surface area contributed by atoms with Crippen LogP contribution >= 0.6 is 0 Å². The molecule has 1 fully saturated rings. The Bertz CT molecular complexity index is 935. The standard InChI is InChI=1S/C24H28N4O2/c1-27(20-9-5-6-10-20)26-24(28-16-15-25-19-28)22-13-7-8-14-23(22)30-18-17-29-21-11-3-2-4-12-21/h2-4,7-8,11-16,19-20H,5-6,9-10,17-18H2,1H3/b26-24-. The molecule has 0 bridgehead atoms. The van der Waals surface area contributed by atoms with Crippen LogP contribution in [-0.2, 0) is 0 Å². The van der Waals surface area contributed by atoms with E-state index in [4.69, 9.17) is 14.6 Å². The van der Waals surface area contributed by atoms with E-state index in [9.17, 15) is 0 Å². The summed E-state index contributed by atoms with van der Waals surface area (Å²) >= 11 is 0. The molecule has 0 spiro atoms. The summed E-state index contributed by atoms with van der Waals surface area (Å²) in [6, 6.07) is 18.2. The molecule has 1 heterocycles. The zero-order chi connectivity index (χ0) is 20.6. The summed E-state index contributed by atoms with van der Waals surface area (Å²) in [6.45, 7) is 0.916. The number of benzene rings is 2. The molecule has 1 aliphatic rings. The molecule has 156 valence electrons. The molecule has 6 nitrogen and oxygen atoms in total. The second-order valence-corrected chi connectivity index (χ2v) is 7.41. The smallest absolute Gasteiger partial charge is 0.169 e. The third kappa shape index (κ3) is 5.00. The third-order valence-electron chi connectivity index (χ3n) is 5.34. The van der Waals surface area contributed by atoms with Gasteiger partial charge < -0.3 is 9.47 Å². The van der Waals surface area contributed by atoms with Crippen LogP contribution in [0.15, 0.2) is 78.4 Å². The molecule has 0 radical (unpaired) electrons. The maximum Gasteiger partial charge on any atom is 0.169 e. The highest BCUT2D eigenvalue weighted by atomic mass is 16.5. The van der Waals surface area contributed by atoms with E-state index in [0.29, 0.717) is 19.3 Å². The van der Waals surface area contributed by atoms with Gasteiger partial charge in [0.05, 0.1) is 5.56 Å². The van der Waals surface area contributed by atoms with Gasteiger partial charge in [-0.2, -0.15) is 5.10 Å². The van der Waals surface area contributed by atoms with Crippen LogP contribution in [0.5, 0.6) is 11.5 Å². The number of hydrogen-bond donors (Lipinski definition) is 0. The van der Waals surface area contributed by atoms with Gasteiger partial charge in [-0.1, -0.05) is 43.2 Å². The van der Waals surface area contributed by atoms with Gasteiger partial charge in [0.1, 0.15) is 31.0 Å². The highest BCUT2D eigenvalue weighted by Gasteiger charge is 2.21. The second kappa shape index (κ2) is 9.96. The Labute approximate surface area is 177 Å². The molecule has 0 N–H and O–H groups in total. The summed E-state index contributed by atoms with van der Waals surface area (Å²) < 4.78 is 13.8. The van der Waals surface area contributed by atoms with Crippen molar-refractivity contribution < 1.29 is 9.47 Å². The van der Waals surface area contributed by atoms with Crippen molar-refractivity contribution in [2.75, 3.05) is 20.3 Å². The predicted molar refractivity (Wildman–Crippen MR) is 118 cm³/mol. The highest BCUT2D eigenvalue weighted by Crippen LogP contribution is 2.25. The zero-order valence-corrected chi connectivity index (χ0v) is 17.4. The average molecular weight is 405 g/mol. The van der Waals surface area contributed by atoms with Crippen molar-refractivity contribution in [1.29, 1.82) is 0 Å². The predicted octanol–water partition coefficient (Wildman–Crippen LogP) is 4.43. The quantitative estimate of drug-likeness (QED) is 0.241. The van der Waals surface area contributed by atoms with E-state index in [2.05, 4.69) is 17.0 Å². The van der Waals surface area contributed by atoms with Crippen LogP contribution in [0, 0.1) is 0 Å². The van der Waals surface area contributed by atoms with Crippen molar-refractivity contribution in [3.8, 4) is 11.5 Å². The van der Waals surface area contributed by atoms with Gasteiger partial charge in [0.2, 0.25) is 0 Å². The lowest BCUT2D eigenvalue weighted by Crippen LogP contribution is -2.27. The third-order valence-corrected chi connectivity index (χ3v) is 5.34. The van der Waals surface area contributed by atoms with E-state index in [1.54, 1.807) is 12.5 Å². The molecular weight excluding hydrogens is 376 g/mol. The molecular formula is C24H28N4O2. The normalized spacial score (nSPS) is 14.6. The molecule has 0 amide bonds. The van der Waals surface area contributed by atoms with Gasteiger partial charge in [-0.15, -0.1) is 0 Å². The summed E-state index contributed by atoms with van der Waals surface area (Å²) in [5.41, 5.74) is 0.931. The molecule has 0 aliphatic heterocycles. The van der Waals surface area contributed by atoms with Crippen LogP contribution in [0.2, 0.25) is 0 Å². The SMILES string of the molecule is CN(/N=C(/c1ccccc1OCCOc1ccccc1)n1ccnc1)C1CCCC1. The number of hydrogen-bond acceptors (Lipinski definition) is 5. The van der Waals surface area contributed by atoms with E-state index in [0.717, 1.165) is 22.9 Å². The van der Waals surface area contributed by atoms with E-state index < -0.39 is 0 Å². The minimum absolute atomic E-state index is 0.446. The lowest BCUT2D eigenvalue weighted by molar-refractivity contribution is 0.216. The van der Waals surface area contributed by atoms with Gasteiger partial charge in [-0.3, -0.25) is 9.58 Å². The van der Waals surface area contributed by atoms with Crippen molar-refractivity contribution in [3.63, 3.8) is 0 Å². The van der Waals surface area contributed by atoms with Crippen LogP contribution in [0.25, 0.3) is 0 Å². The Morgan fingerprint density at radius 2 is 1.77 bits per heavy atom. The molecule has 0 atom stereocenters. The minimum atomic E-state index is 0.446. The summed E-state index contributed by atoms with van der Waals surface area (Å²) in [7, 11) is 2.06. The Morgan fingerprint density at radius 1 is 1.03 bits per heavy atom. The van der Waals surface area contributed by atoms with E-state index in [-0.39, 0.29) is 0 Å². The fourth-order valence-corrected chi connectivity index (χ4v) is 3.74. The van der Waals surface area contributed by atoms with Gasteiger partial charge in [-0.05, 0) is 37.1 Å². The topological polar surface area (TPSA) is 51.9 Å². The number of rotatable bonds is 8. The van der Waals surface area contributed by atoms with Gasteiger partial charge in [0.25, 0.3) is 0 Å². The van der Waals surface area contributed by atoms with Gasteiger partial charge in [0, 0.05) is 25.5 Å². The largest absolute Gasteiger partial charge is 0.490 e. The van der Waals surface area contributed by atoms with Crippen LogP contribution in [0.3, 0.4) is 0 Å². The molecule has 1 saturated carbocycles. The Kier molecular flexibility index (Phi) is 6.65. The molecule has 1 aromatic heterocycles. The van der Waals surface area contributed by atoms with Crippen molar-refractivity contribution in [3.05, 3.63) is 78.9 Å². The minimum Gasteiger partial charge on any atom is -0.490 e. The van der Waals surface area contributed by atoms with Crippen LogP contribution in [0.1, 0.15) is 31.2 Å². The molecule has 3 aromatic rings. The van der Waals surface area contributed by atoms with Gasteiger partial charge >= 0.3 is 0 Å². The number of imidazole rings is 1. The van der Waals surface area contributed by atoms with E-state index >= 15 is 0 Å². The fourth-order valence-electron chi connectivity index (χ4n) is 3.74. The lowest BCUT2D eigenvalue weighted by atomic mass is 10.2. The first-order chi connectivity index (χ1) is 14.8. The highest BCUT2D eigenvalue weighted by molar-refractivity contribution is 6.02. The molecule has 6 heteroatoms. The van der Waals surface area contributed by atoms with Crippen molar-refractivity contribution in [2.45, 2.75) is 31.7 Å². The first-order valence-corrected chi connectivity index (χ1v) is 10.5. The summed E-state index contributed by atoms with van der Waals surface area (Å²) in [6.07, 6.45) is 10.4. The molecule has 4 rings (SSSR count). The first-order valence-electron chi connectivity index (χ1n) is 10.5. The zero-order valence-electron chi connectivity index (χ0n) is 17.4.